The largest absolute Gasteiger partial charge is 0.368 e. The van der Waals surface area contributed by atoms with E-state index in [1.807, 2.05) is 6.92 Å². The normalized spacial score (nSPS) is 26.5. The Morgan fingerprint density at radius 3 is 2.36 bits per heavy atom. The van der Waals surface area contributed by atoms with Crippen molar-refractivity contribution in [3.8, 4) is 0 Å². The lowest BCUT2D eigenvalue weighted by Crippen LogP contribution is -2.51. The molecule has 0 bridgehead atoms. The number of amides is 2. The van der Waals surface area contributed by atoms with E-state index in [9.17, 15) is 4.79 Å². The molecular formula is C19H25FN4O. The third-order valence-electron chi connectivity index (χ3n) is 5.93. The maximum atomic E-state index is 15.0. The highest BCUT2D eigenvalue weighted by molar-refractivity contribution is 6.06. The second kappa shape index (κ2) is 5.46. The summed E-state index contributed by atoms with van der Waals surface area (Å²) in [6, 6.07) is 1.37. The van der Waals surface area contributed by atoms with Crippen LogP contribution in [0, 0.1) is 24.6 Å². The van der Waals surface area contributed by atoms with E-state index in [1.165, 1.54) is 6.07 Å². The fraction of sp³-hybridized carbons (Fsp3) is 0.526. The van der Waals surface area contributed by atoms with Crippen LogP contribution in [0.25, 0.3) is 5.70 Å². The van der Waals surface area contributed by atoms with Gasteiger partial charge in [0.1, 0.15) is 5.82 Å². The van der Waals surface area contributed by atoms with E-state index in [-0.39, 0.29) is 17.9 Å². The Kier molecular flexibility index (Phi) is 3.58. The molecule has 2 aliphatic heterocycles. The molecule has 1 aliphatic carbocycles. The number of nitrogens with two attached hydrogens (primary N) is 1. The molecule has 1 aromatic carbocycles. The number of halogens is 1. The molecule has 0 radical (unpaired) electrons. The van der Waals surface area contributed by atoms with Gasteiger partial charge in [0.2, 0.25) is 0 Å². The summed E-state index contributed by atoms with van der Waals surface area (Å²) in [5, 5.41) is 1.04. The van der Waals surface area contributed by atoms with Gasteiger partial charge in [-0.25, -0.2) is 20.0 Å². The summed E-state index contributed by atoms with van der Waals surface area (Å²) in [5.41, 5.74) is 3.18. The lowest BCUT2D eigenvalue weighted by atomic mass is 9.99. The number of anilines is 2. The first kappa shape index (κ1) is 16.4. The summed E-state index contributed by atoms with van der Waals surface area (Å²) in [4.78, 5) is 16.6. The van der Waals surface area contributed by atoms with Gasteiger partial charge in [-0.3, -0.25) is 4.90 Å². The minimum absolute atomic E-state index is 0.152. The fourth-order valence-corrected chi connectivity index (χ4v) is 4.12. The van der Waals surface area contributed by atoms with Gasteiger partial charge in [0.05, 0.1) is 17.1 Å². The maximum Gasteiger partial charge on any atom is 0.343 e. The van der Waals surface area contributed by atoms with Crippen LogP contribution in [0.3, 0.4) is 0 Å². The predicted molar refractivity (Wildman–Crippen MR) is 97.6 cm³/mol. The number of carbonyl (C=O) groups excluding carboxylic acids is 1. The summed E-state index contributed by atoms with van der Waals surface area (Å²) in [7, 11) is 0. The Morgan fingerprint density at radius 1 is 1.20 bits per heavy atom. The number of hydrazine groups is 1. The number of rotatable bonds is 2. The Hall–Kier alpha value is -2.08. The second-order valence-electron chi connectivity index (χ2n) is 7.79. The van der Waals surface area contributed by atoms with Gasteiger partial charge >= 0.3 is 6.03 Å². The number of hydrogen-bond acceptors (Lipinski definition) is 3. The fourth-order valence-electron chi connectivity index (χ4n) is 4.12. The number of fused-ring (bicyclic) bond motifs is 1. The van der Waals surface area contributed by atoms with Crippen molar-refractivity contribution in [3.63, 3.8) is 0 Å². The van der Waals surface area contributed by atoms with Gasteiger partial charge in [-0.1, -0.05) is 20.4 Å². The van der Waals surface area contributed by atoms with Crippen molar-refractivity contribution in [2.24, 2.45) is 17.7 Å². The molecule has 2 amide bonds. The molecule has 4 rings (SSSR count). The van der Waals surface area contributed by atoms with Crippen LogP contribution in [0.1, 0.15) is 37.8 Å². The number of hydrogen-bond donors (Lipinski definition) is 1. The van der Waals surface area contributed by atoms with E-state index in [2.05, 4.69) is 25.3 Å². The number of nitrogens with zero attached hydrogens (tertiary/aromatic N) is 3. The Bertz CT molecular complexity index is 763. The van der Waals surface area contributed by atoms with Gasteiger partial charge in [0.25, 0.3) is 0 Å². The zero-order valence-corrected chi connectivity index (χ0v) is 15.1. The van der Waals surface area contributed by atoms with Gasteiger partial charge in [-0.15, -0.1) is 0 Å². The molecule has 1 aromatic rings. The summed E-state index contributed by atoms with van der Waals surface area (Å²) < 4.78 is 15.0. The molecule has 2 unspecified atom stereocenters. The second-order valence-corrected chi connectivity index (χ2v) is 7.79. The molecule has 134 valence electrons. The Morgan fingerprint density at radius 2 is 1.80 bits per heavy atom. The molecule has 6 heteroatoms. The van der Waals surface area contributed by atoms with Crippen LogP contribution < -0.4 is 15.6 Å². The van der Waals surface area contributed by atoms with Crippen molar-refractivity contribution in [1.29, 1.82) is 0 Å². The Balaban J connectivity index is 1.88. The maximum absolute atomic E-state index is 15.0. The summed E-state index contributed by atoms with van der Waals surface area (Å²) in [6.07, 6.45) is 1.91. The van der Waals surface area contributed by atoms with Crippen molar-refractivity contribution in [2.75, 3.05) is 22.9 Å². The van der Waals surface area contributed by atoms with E-state index < -0.39 is 0 Å². The van der Waals surface area contributed by atoms with Crippen molar-refractivity contribution >= 4 is 23.1 Å². The van der Waals surface area contributed by atoms with Gasteiger partial charge in [0.15, 0.2) is 0 Å². The van der Waals surface area contributed by atoms with Crippen LogP contribution >= 0.6 is 0 Å². The highest BCUT2D eigenvalue weighted by Gasteiger charge is 2.43. The lowest BCUT2D eigenvalue weighted by molar-refractivity contribution is 0.223. The van der Waals surface area contributed by atoms with Crippen LogP contribution in [0.2, 0.25) is 0 Å². The SMILES string of the molecule is C=C1c2cc(F)c(N3CC(C)C(C)C3)c(C)c2N(C2CC2)C(=O)N1N. The minimum Gasteiger partial charge on any atom is -0.368 e. The zero-order chi connectivity index (χ0) is 18.0. The quantitative estimate of drug-likeness (QED) is 0.660. The Labute approximate surface area is 147 Å². The first-order valence-corrected chi connectivity index (χ1v) is 8.96. The van der Waals surface area contributed by atoms with Crippen LogP contribution in [0.15, 0.2) is 12.6 Å². The van der Waals surface area contributed by atoms with E-state index in [4.69, 9.17) is 5.84 Å². The lowest BCUT2D eigenvalue weighted by Gasteiger charge is -2.38. The monoisotopic (exact) mass is 344 g/mol. The molecule has 2 atom stereocenters. The molecule has 0 aromatic heterocycles. The molecule has 2 heterocycles. The standard InChI is InChI=1S/C19H25FN4O/c1-10-8-22(9-11(10)2)18-12(3)17-15(7-16(18)20)13(4)24(21)19(25)23(17)14-5-6-14/h7,10-11,14H,4-6,8-9,21H2,1-3H3. The van der Waals surface area contributed by atoms with Crippen LogP contribution in [-0.2, 0) is 0 Å². The van der Waals surface area contributed by atoms with Crippen molar-refractivity contribution in [3.05, 3.63) is 29.6 Å². The van der Waals surface area contributed by atoms with E-state index in [0.717, 1.165) is 42.2 Å². The number of benzene rings is 1. The first-order valence-electron chi connectivity index (χ1n) is 8.96. The smallest absolute Gasteiger partial charge is 0.343 e. The van der Waals surface area contributed by atoms with Gasteiger partial charge in [-0.05, 0) is 43.2 Å². The van der Waals surface area contributed by atoms with Crippen LogP contribution in [0.4, 0.5) is 20.6 Å². The van der Waals surface area contributed by atoms with E-state index in [1.54, 1.807) is 4.90 Å². The molecule has 2 N–H and O–H groups in total. The van der Waals surface area contributed by atoms with Gasteiger partial charge in [-0.2, -0.15) is 0 Å². The molecule has 5 nitrogen and oxygen atoms in total. The summed E-state index contributed by atoms with van der Waals surface area (Å²) in [5.74, 6) is 6.67. The third kappa shape index (κ3) is 2.34. The number of carbonyl (C=O) groups is 1. The van der Waals surface area contributed by atoms with Gasteiger partial charge in [0, 0.05) is 24.7 Å². The zero-order valence-electron chi connectivity index (χ0n) is 15.1. The molecule has 0 spiro atoms. The van der Waals surface area contributed by atoms with Crippen molar-refractivity contribution < 1.29 is 9.18 Å². The highest BCUT2D eigenvalue weighted by atomic mass is 19.1. The van der Waals surface area contributed by atoms with Crippen molar-refractivity contribution in [1.82, 2.24) is 5.01 Å². The molecule has 3 aliphatic rings. The van der Waals surface area contributed by atoms with Crippen molar-refractivity contribution in [2.45, 2.75) is 39.7 Å². The third-order valence-corrected chi connectivity index (χ3v) is 5.93. The summed E-state index contributed by atoms with van der Waals surface area (Å²) >= 11 is 0. The number of urea groups is 1. The van der Waals surface area contributed by atoms with E-state index >= 15 is 4.39 Å². The predicted octanol–water partition coefficient (Wildman–Crippen LogP) is 3.48. The first-order chi connectivity index (χ1) is 11.8. The average Bonchev–Trinajstić information content (AvgIpc) is 3.33. The van der Waals surface area contributed by atoms with Crippen LogP contribution in [-0.4, -0.2) is 30.2 Å². The molecular weight excluding hydrogens is 319 g/mol. The summed E-state index contributed by atoms with van der Waals surface area (Å²) in [6.45, 7) is 11.9. The minimum atomic E-state index is -0.274. The highest BCUT2D eigenvalue weighted by Crippen LogP contribution is 2.46. The average molecular weight is 344 g/mol. The molecule has 1 saturated carbocycles. The van der Waals surface area contributed by atoms with E-state index in [0.29, 0.717) is 28.8 Å². The topological polar surface area (TPSA) is 52.8 Å². The van der Waals surface area contributed by atoms with Gasteiger partial charge < -0.3 is 4.90 Å². The van der Waals surface area contributed by atoms with Crippen LogP contribution in [0.5, 0.6) is 0 Å². The molecule has 2 fully saturated rings. The molecule has 1 saturated heterocycles. The molecule has 25 heavy (non-hydrogen) atoms.